The highest BCUT2D eigenvalue weighted by Gasteiger charge is 2.14. The van der Waals surface area contributed by atoms with Crippen LogP contribution in [0.3, 0.4) is 0 Å². The van der Waals surface area contributed by atoms with Crippen LogP contribution in [0.25, 0.3) is 0 Å². The Morgan fingerprint density at radius 2 is 1.76 bits per heavy atom. The predicted octanol–water partition coefficient (Wildman–Crippen LogP) is 5.65. The van der Waals surface area contributed by atoms with Gasteiger partial charge in [-0.25, -0.2) is 0 Å². The van der Waals surface area contributed by atoms with Crippen LogP contribution < -0.4 is 5.32 Å². The third kappa shape index (κ3) is 4.04. The summed E-state index contributed by atoms with van der Waals surface area (Å²) >= 11 is 7.27. The van der Waals surface area contributed by atoms with Crippen LogP contribution in [-0.4, -0.2) is 0 Å². The molecule has 108 valence electrons. The van der Waals surface area contributed by atoms with Gasteiger partial charge in [-0.15, -0.1) is 22.7 Å². The van der Waals surface area contributed by atoms with Crippen LogP contribution >= 0.6 is 38.6 Å². The first kappa shape index (κ1) is 15.0. The second-order valence-electron chi connectivity index (χ2n) is 4.82. The fraction of sp³-hybridized carbons (Fsp3) is 0.176. The van der Waals surface area contributed by atoms with Gasteiger partial charge in [0.2, 0.25) is 0 Å². The molecule has 3 rings (SSSR count). The lowest BCUT2D eigenvalue weighted by molar-refractivity contribution is 0.540. The van der Waals surface area contributed by atoms with E-state index in [9.17, 15) is 0 Å². The standard InChI is InChI=1S/C17H16BrNS2/c18-15-7-2-1-5-13(15)12-19-16(17-8-4-10-21-17)11-14-6-3-9-20-14/h1-10,16,19H,11-12H2. The van der Waals surface area contributed by atoms with Crippen molar-refractivity contribution >= 4 is 38.6 Å². The van der Waals surface area contributed by atoms with Gasteiger partial charge >= 0.3 is 0 Å². The maximum Gasteiger partial charge on any atom is 0.0466 e. The van der Waals surface area contributed by atoms with E-state index in [4.69, 9.17) is 0 Å². The quantitative estimate of drug-likeness (QED) is 0.585. The van der Waals surface area contributed by atoms with Crippen LogP contribution in [0.1, 0.15) is 21.4 Å². The molecule has 0 bridgehead atoms. The monoisotopic (exact) mass is 377 g/mol. The summed E-state index contributed by atoms with van der Waals surface area (Å²) in [7, 11) is 0. The fourth-order valence-electron chi connectivity index (χ4n) is 2.27. The Bertz CT molecular complexity index is 662. The van der Waals surface area contributed by atoms with Gasteiger partial charge in [0, 0.05) is 33.2 Å². The van der Waals surface area contributed by atoms with Crippen LogP contribution in [0.5, 0.6) is 0 Å². The summed E-state index contributed by atoms with van der Waals surface area (Å²) < 4.78 is 1.17. The smallest absolute Gasteiger partial charge is 0.0466 e. The molecule has 2 aromatic heterocycles. The van der Waals surface area contributed by atoms with Crippen molar-refractivity contribution in [3.05, 3.63) is 79.1 Å². The zero-order valence-corrected chi connectivity index (χ0v) is 14.7. The van der Waals surface area contributed by atoms with Crippen molar-refractivity contribution in [2.75, 3.05) is 0 Å². The normalized spacial score (nSPS) is 12.4. The molecule has 4 heteroatoms. The highest BCUT2D eigenvalue weighted by atomic mass is 79.9. The molecule has 21 heavy (non-hydrogen) atoms. The van der Waals surface area contributed by atoms with Gasteiger partial charge in [0.25, 0.3) is 0 Å². The first-order chi connectivity index (χ1) is 10.3. The number of benzene rings is 1. The van der Waals surface area contributed by atoms with Crippen LogP contribution in [0.4, 0.5) is 0 Å². The molecule has 3 aromatic rings. The van der Waals surface area contributed by atoms with Crippen LogP contribution in [0.2, 0.25) is 0 Å². The van der Waals surface area contributed by atoms with E-state index in [0.29, 0.717) is 6.04 Å². The van der Waals surface area contributed by atoms with Crippen molar-refractivity contribution < 1.29 is 0 Å². The summed E-state index contributed by atoms with van der Waals surface area (Å²) in [5.41, 5.74) is 1.30. The van der Waals surface area contributed by atoms with Crippen molar-refractivity contribution in [1.29, 1.82) is 0 Å². The van der Waals surface area contributed by atoms with Crippen molar-refractivity contribution in [3.8, 4) is 0 Å². The van der Waals surface area contributed by atoms with Gasteiger partial charge in [-0.3, -0.25) is 0 Å². The second kappa shape index (κ2) is 7.36. The molecule has 0 saturated carbocycles. The first-order valence-corrected chi connectivity index (χ1v) is 9.41. The van der Waals surface area contributed by atoms with E-state index in [-0.39, 0.29) is 0 Å². The highest BCUT2D eigenvalue weighted by molar-refractivity contribution is 9.10. The average Bonchev–Trinajstić information content (AvgIpc) is 3.18. The highest BCUT2D eigenvalue weighted by Crippen LogP contribution is 2.26. The number of rotatable bonds is 6. The summed E-state index contributed by atoms with van der Waals surface area (Å²) in [6.45, 7) is 0.870. The Balaban J connectivity index is 1.72. The van der Waals surface area contributed by atoms with Gasteiger partial charge in [0.1, 0.15) is 0 Å². The van der Waals surface area contributed by atoms with E-state index in [2.05, 4.69) is 80.5 Å². The van der Waals surface area contributed by atoms with Crippen LogP contribution in [0, 0.1) is 0 Å². The van der Waals surface area contributed by atoms with Gasteiger partial charge in [-0.2, -0.15) is 0 Å². The molecule has 0 aliphatic carbocycles. The molecule has 0 amide bonds. The summed E-state index contributed by atoms with van der Waals surface area (Å²) in [6.07, 6.45) is 1.04. The summed E-state index contributed by atoms with van der Waals surface area (Å²) in [4.78, 5) is 2.82. The van der Waals surface area contributed by atoms with Crippen molar-refractivity contribution in [1.82, 2.24) is 5.32 Å². The average molecular weight is 378 g/mol. The van der Waals surface area contributed by atoms with Gasteiger partial charge in [-0.05, 0) is 34.5 Å². The molecule has 2 heterocycles. The topological polar surface area (TPSA) is 12.0 Å². The number of hydrogen-bond acceptors (Lipinski definition) is 3. The fourth-order valence-corrected chi connectivity index (χ4v) is 4.25. The predicted molar refractivity (Wildman–Crippen MR) is 96.1 cm³/mol. The molecule has 0 spiro atoms. The van der Waals surface area contributed by atoms with Crippen molar-refractivity contribution in [3.63, 3.8) is 0 Å². The molecule has 1 nitrogen and oxygen atoms in total. The van der Waals surface area contributed by atoms with Gasteiger partial charge in [0.15, 0.2) is 0 Å². The molecule has 1 aromatic carbocycles. The van der Waals surface area contributed by atoms with Crippen LogP contribution in [0.15, 0.2) is 63.8 Å². The Morgan fingerprint density at radius 1 is 0.952 bits per heavy atom. The lowest BCUT2D eigenvalue weighted by atomic mass is 10.1. The SMILES string of the molecule is Brc1ccccc1CNC(Cc1cccs1)c1cccs1. The maximum absolute atomic E-state index is 3.70. The summed E-state index contributed by atoms with van der Waals surface area (Å²) in [5.74, 6) is 0. The zero-order valence-electron chi connectivity index (χ0n) is 11.5. The molecule has 0 saturated heterocycles. The molecule has 0 radical (unpaired) electrons. The molecule has 0 aliphatic rings. The van der Waals surface area contributed by atoms with E-state index in [1.165, 1.54) is 19.8 Å². The summed E-state index contributed by atoms with van der Waals surface area (Å²) in [6, 6.07) is 17.4. The second-order valence-corrected chi connectivity index (χ2v) is 7.69. The van der Waals surface area contributed by atoms with Crippen molar-refractivity contribution in [2.24, 2.45) is 0 Å². The van der Waals surface area contributed by atoms with Gasteiger partial charge in [-0.1, -0.05) is 46.3 Å². The third-order valence-electron chi connectivity index (χ3n) is 3.37. The Kier molecular flexibility index (Phi) is 5.25. The van der Waals surface area contributed by atoms with Crippen LogP contribution in [-0.2, 0) is 13.0 Å². The lowest BCUT2D eigenvalue weighted by Crippen LogP contribution is -2.22. The Labute approximate surface area is 141 Å². The summed E-state index contributed by atoms with van der Waals surface area (Å²) in [5, 5.41) is 8.00. The minimum absolute atomic E-state index is 0.371. The Morgan fingerprint density at radius 3 is 2.48 bits per heavy atom. The van der Waals surface area contributed by atoms with E-state index in [1.54, 1.807) is 0 Å². The maximum atomic E-state index is 3.70. The third-order valence-corrected chi connectivity index (χ3v) is 6.03. The molecule has 1 atom stereocenters. The van der Waals surface area contributed by atoms with Gasteiger partial charge < -0.3 is 5.32 Å². The minimum Gasteiger partial charge on any atom is -0.305 e. The Hall–Kier alpha value is -0.940. The molecular formula is C17H16BrNS2. The number of halogens is 1. The zero-order chi connectivity index (χ0) is 14.5. The van der Waals surface area contributed by atoms with E-state index in [0.717, 1.165) is 13.0 Å². The molecule has 0 fully saturated rings. The lowest BCUT2D eigenvalue weighted by Gasteiger charge is -2.17. The molecular weight excluding hydrogens is 362 g/mol. The van der Waals surface area contributed by atoms with E-state index in [1.807, 2.05) is 22.7 Å². The van der Waals surface area contributed by atoms with E-state index < -0.39 is 0 Å². The number of thiophene rings is 2. The largest absolute Gasteiger partial charge is 0.305 e. The van der Waals surface area contributed by atoms with Crippen molar-refractivity contribution in [2.45, 2.75) is 19.0 Å². The molecule has 1 N–H and O–H groups in total. The molecule has 1 unspecified atom stereocenters. The van der Waals surface area contributed by atoms with E-state index >= 15 is 0 Å². The number of hydrogen-bond donors (Lipinski definition) is 1. The molecule has 0 aliphatic heterocycles. The van der Waals surface area contributed by atoms with Gasteiger partial charge in [0.05, 0.1) is 0 Å². The minimum atomic E-state index is 0.371. The number of nitrogens with one attached hydrogen (secondary N) is 1. The first-order valence-electron chi connectivity index (χ1n) is 6.85.